The molecule has 0 spiro atoms. The van der Waals surface area contributed by atoms with E-state index in [0.717, 1.165) is 5.56 Å². The van der Waals surface area contributed by atoms with Gasteiger partial charge in [-0.25, -0.2) is 0 Å². The lowest BCUT2D eigenvalue weighted by Gasteiger charge is -2.44. The van der Waals surface area contributed by atoms with Crippen LogP contribution in [-0.4, -0.2) is 62.5 Å². The van der Waals surface area contributed by atoms with Crippen molar-refractivity contribution >= 4 is 11.9 Å². The lowest BCUT2D eigenvalue weighted by Crippen LogP contribution is -2.62. The Labute approximate surface area is 182 Å². The summed E-state index contributed by atoms with van der Waals surface area (Å²) in [5.74, 6) is -1.07. The van der Waals surface area contributed by atoms with Gasteiger partial charge in [-0.1, -0.05) is 42.5 Å². The Balaban J connectivity index is 2.30. The predicted octanol–water partition coefficient (Wildman–Crippen LogP) is 2.57. The van der Waals surface area contributed by atoms with Gasteiger partial charge < -0.3 is 28.4 Å². The third-order valence-corrected chi connectivity index (χ3v) is 4.38. The molecule has 1 fully saturated rings. The van der Waals surface area contributed by atoms with Gasteiger partial charge in [0.25, 0.3) is 0 Å². The van der Waals surface area contributed by atoms with E-state index >= 15 is 0 Å². The molecular weight excluding hydrogens is 404 g/mol. The minimum Gasteiger partial charge on any atom is -0.457 e. The van der Waals surface area contributed by atoms with Crippen molar-refractivity contribution in [1.29, 1.82) is 0 Å². The largest absolute Gasteiger partial charge is 0.457 e. The van der Waals surface area contributed by atoms with Crippen LogP contribution in [0, 0.1) is 0 Å². The fourth-order valence-electron chi connectivity index (χ4n) is 3.19. The molecule has 1 aromatic carbocycles. The van der Waals surface area contributed by atoms with E-state index in [2.05, 4.69) is 13.2 Å². The second-order valence-corrected chi connectivity index (χ2v) is 6.90. The van der Waals surface area contributed by atoms with Crippen molar-refractivity contribution in [2.45, 2.75) is 51.2 Å². The summed E-state index contributed by atoms with van der Waals surface area (Å²) in [6.45, 7) is 10.6. The number of rotatable bonds is 12. The lowest BCUT2D eigenvalue weighted by molar-refractivity contribution is -0.314. The summed E-state index contributed by atoms with van der Waals surface area (Å²) in [7, 11) is 0. The van der Waals surface area contributed by atoms with E-state index in [9.17, 15) is 9.59 Å². The van der Waals surface area contributed by atoms with E-state index in [1.807, 2.05) is 30.3 Å². The fourth-order valence-corrected chi connectivity index (χ4v) is 3.19. The molecule has 8 nitrogen and oxygen atoms in total. The minimum absolute atomic E-state index is 0.0932. The van der Waals surface area contributed by atoms with E-state index in [0.29, 0.717) is 0 Å². The van der Waals surface area contributed by atoms with Crippen LogP contribution in [0.25, 0.3) is 0 Å². The molecule has 5 atom stereocenters. The SMILES string of the molecule is C=CCOC[C@H]1O[C@@H](OCc2ccccc2)[C@H](OC(C)=O)[C@@H](OCC=C)[C@H]1OC(C)=O. The van der Waals surface area contributed by atoms with E-state index in [-0.39, 0.29) is 26.4 Å². The molecule has 0 radical (unpaired) electrons. The van der Waals surface area contributed by atoms with Gasteiger partial charge >= 0.3 is 11.9 Å². The summed E-state index contributed by atoms with van der Waals surface area (Å²) in [6, 6.07) is 9.49. The fraction of sp³-hybridized carbons (Fsp3) is 0.478. The van der Waals surface area contributed by atoms with Crippen molar-refractivity contribution in [2.75, 3.05) is 19.8 Å². The Morgan fingerprint density at radius 3 is 2.19 bits per heavy atom. The highest BCUT2D eigenvalue weighted by Gasteiger charge is 2.51. The average molecular weight is 434 g/mol. The van der Waals surface area contributed by atoms with Crippen LogP contribution in [0.4, 0.5) is 0 Å². The van der Waals surface area contributed by atoms with E-state index in [4.69, 9.17) is 28.4 Å². The number of benzene rings is 1. The summed E-state index contributed by atoms with van der Waals surface area (Å²) in [4.78, 5) is 23.6. The summed E-state index contributed by atoms with van der Waals surface area (Å²) < 4.78 is 34.4. The van der Waals surface area contributed by atoms with Gasteiger partial charge in [-0.2, -0.15) is 0 Å². The first-order chi connectivity index (χ1) is 15.0. The number of hydrogen-bond donors (Lipinski definition) is 0. The molecule has 1 aliphatic rings. The number of hydrogen-bond acceptors (Lipinski definition) is 8. The van der Waals surface area contributed by atoms with Crippen LogP contribution in [-0.2, 0) is 44.6 Å². The number of carbonyl (C=O) groups excluding carboxylic acids is 2. The van der Waals surface area contributed by atoms with Crippen molar-refractivity contribution < 1.29 is 38.0 Å². The molecule has 2 rings (SSSR count). The first-order valence-corrected chi connectivity index (χ1v) is 10.0. The molecule has 1 aliphatic heterocycles. The second-order valence-electron chi connectivity index (χ2n) is 6.90. The number of carbonyl (C=O) groups is 2. The minimum atomic E-state index is -0.971. The molecule has 0 aromatic heterocycles. The Hall–Kier alpha value is -2.52. The molecule has 0 bridgehead atoms. The van der Waals surface area contributed by atoms with Gasteiger partial charge in [-0.3, -0.25) is 9.59 Å². The van der Waals surface area contributed by atoms with Crippen molar-refractivity contribution in [3.63, 3.8) is 0 Å². The molecule has 0 saturated carbocycles. The van der Waals surface area contributed by atoms with E-state index < -0.39 is 42.6 Å². The first kappa shape index (κ1) is 24.7. The average Bonchev–Trinajstić information content (AvgIpc) is 2.74. The molecular formula is C23H30O8. The van der Waals surface area contributed by atoms with Gasteiger partial charge in [0.1, 0.15) is 12.2 Å². The molecule has 0 amide bonds. The van der Waals surface area contributed by atoms with Crippen LogP contribution in [0.15, 0.2) is 55.6 Å². The van der Waals surface area contributed by atoms with Crippen LogP contribution in [0.5, 0.6) is 0 Å². The zero-order valence-corrected chi connectivity index (χ0v) is 17.9. The third-order valence-electron chi connectivity index (χ3n) is 4.38. The Morgan fingerprint density at radius 2 is 1.58 bits per heavy atom. The van der Waals surface area contributed by atoms with Crippen LogP contribution in [0.3, 0.4) is 0 Å². The molecule has 0 N–H and O–H groups in total. The number of ether oxygens (including phenoxy) is 6. The van der Waals surface area contributed by atoms with Gasteiger partial charge in [0.05, 0.1) is 26.4 Å². The van der Waals surface area contributed by atoms with Crippen LogP contribution in [0.2, 0.25) is 0 Å². The smallest absolute Gasteiger partial charge is 0.303 e. The second kappa shape index (κ2) is 13.0. The van der Waals surface area contributed by atoms with Crippen LogP contribution >= 0.6 is 0 Å². The maximum absolute atomic E-state index is 11.8. The summed E-state index contributed by atoms with van der Waals surface area (Å²) >= 11 is 0. The molecule has 8 heteroatoms. The summed E-state index contributed by atoms with van der Waals surface area (Å²) in [5.41, 5.74) is 0.915. The van der Waals surface area contributed by atoms with Crippen LogP contribution in [0.1, 0.15) is 19.4 Å². The van der Waals surface area contributed by atoms with Gasteiger partial charge in [0, 0.05) is 13.8 Å². The van der Waals surface area contributed by atoms with Crippen molar-refractivity contribution in [3.8, 4) is 0 Å². The molecule has 1 saturated heterocycles. The van der Waals surface area contributed by atoms with E-state index in [1.54, 1.807) is 12.2 Å². The van der Waals surface area contributed by atoms with Crippen molar-refractivity contribution in [1.82, 2.24) is 0 Å². The van der Waals surface area contributed by atoms with Gasteiger partial charge in [-0.05, 0) is 5.56 Å². The summed E-state index contributed by atoms with van der Waals surface area (Å²) in [5, 5.41) is 0. The quantitative estimate of drug-likeness (QED) is 0.282. The third kappa shape index (κ3) is 7.91. The van der Waals surface area contributed by atoms with Crippen molar-refractivity contribution in [2.24, 2.45) is 0 Å². The van der Waals surface area contributed by atoms with Gasteiger partial charge in [0.15, 0.2) is 18.5 Å². The molecule has 0 aliphatic carbocycles. The maximum atomic E-state index is 11.8. The Kier molecular flexibility index (Phi) is 10.4. The number of esters is 2. The van der Waals surface area contributed by atoms with Gasteiger partial charge in [-0.15, -0.1) is 13.2 Å². The molecule has 31 heavy (non-hydrogen) atoms. The Morgan fingerprint density at radius 1 is 0.935 bits per heavy atom. The highest BCUT2D eigenvalue weighted by atomic mass is 16.7. The molecule has 170 valence electrons. The Bertz CT molecular complexity index is 720. The normalized spacial score (nSPS) is 25.4. The van der Waals surface area contributed by atoms with E-state index in [1.165, 1.54) is 13.8 Å². The monoisotopic (exact) mass is 434 g/mol. The lowest BCUT2D eigenvalue weighted by atomic mass is 9.98. The highest BCUT2D eigenvalue weighted by molar-refractivity contribution is 5.67. The summed E-state index contributed by atoms with van der Waals surface area (Å²) in [6.07, 6.45) is -1.24. The van der Waals surface area contributed by atoms with Gasteiger partial charge in [0.2, 0.25) is 0 Å². The zero-order chi connectivity index (χ0) is 22.6. The topological polar surface area (TPSA) is 89.5 Å². The first-order valence-electron chi connectivity index (χ1n) is 10.0. The molecule has 0 unspecified atom stereocenters. The van der Waals surface area contributed by atoms with Crippen molar-refractivity contribution in [3.05, 3.63) is 61.2 Å². The highest BCUT2D eigenvalue weighted by Crippen LogP contribution is 2.30. The maximum Gasteiger partial charge on any atom is 0.303 e. The van der Waals surface area contributed by atoms with Crippen LogP contribution < -0.4 is 0 Å². The predicted molar refractivity (Wildman–Crippen MR) is 112 cm³/mol. The molecule has 1 heterocycles. The standard InChI is InChI=1S/C23H30O8/c1-5-12-26-15-19-20(29-16(3)24)21(27-13-6-2)22(30-17(4)25)23(31-19)28-14-18-10-8-7-9-11-18/h5-11,19-23H,1-2,12-15H2,3-4H3/t19-,20+,21+,22-,23-/m1/s1. The zero-order valence-electron chi connectivity index (χ0n) is 17.9. The molecule has 1 aromatic rings.